The van der Waals surface area contributed by atoms with Crippen LogP contribution in [0, 0.1) is 6.92 Å². The maximum absolute atomic E-state index is 9.33. The predicted octanol–water partition coefficient (Wildman–Crippen LogP) is 4.29. The number of allylic oxidation sites excluding steroid dienone is 2. The van der Waals surface area contributed by atoms with Crippen LogP contribution in [0.4, 0.5) is 0 Å². The third kappa shape index (κ3) is 8.60. The third-order valence-electron chi connectivity index (χ3n) is 2.98. The molecule has 0 amide bonds. The maximum Gasteiger partial charge on any atom is 3.00 e. The van der Waals surface area contributed by atoms with Gasteiger partial charge in [-0.2, -0.15) is 6.07 Å². The van der Waals surface area contributed by atoms with E-state index in [9.17, 15) is 10.2 Å². The van der Waals surface area contributed by atoms with E-state index in [1.54, 1.807) is 0 Å². The molecule has 0 unspecified atom stereocenters. The predicted molar refractivity (Wildman–Crippen MR) is 99.3 cm³/mol. The molecule has 0 saturated carbocycles. The number of fused-ring (bicyclic) bond motifs is 1. The monoisotopic (exact) mass is 409 g/mol. The fourth-order valence-electron chi connectivity index (χ4n) is 2.25. The Morgan fingerprint density at radius 3 is 1.92 bits per heavy atom. The molecule has 3 aromatic carbocycles. The second-order valence-corrected chi connectivity index (χ2v) is 5.61. The second-order valence-electron chi connectivity index (χ2n) is 5.61. The summed E-state index contributed by atoms with van der Waals surface area (Å²) >= 11 is 0. The summed E-state index contributed by atoms with van der Waals surface area (Å²) < 4.78 is 0. The minimum Gasteiger partial charge on any atom is -0.876 e. The minimum atomic E-state index is -0.0833. The summed E-state index contributed by atoms with van der Waals surface area (Å²) in [6, 6.07) is 21.6. The molecule has 0 fully saturated rings. The van der Waals surface area contributed by atoms with Crippen LogP contribution in [-0.4, -0.2) is 0 Å². The van der Waals surface area contributed by atoms with E-state index in [2.05, 4.69) is 80.7 Å². The molecule has 2 nitrogen and oxygen atoms in total. The molecule has 3 heteroatoms. The van der Waals surface area contributed by atoms with E-state index in [0.29, 0.717) is 0 Å². The summed E-state index contributed by atoms with van der Waals surface area (Å²) in [6.07, 6.45) is 0. The summed E-state index contributed by atoms with van der Waals surface area (Å²) in [4.78, 5) is 0. The minimum absolute atomic E-state index is 0. The van der Waals surface area contributed by atoms with Crippen LogP contribution in [0.3, 0.4) is 0 Å². The van der Waals surface area contributed by atoms with Gasteiger partial charge in [-0.25, -0.2) is 0 Å². The zero-order valence-corrected chi connectivity index (χ0v) is 17.5. The van der Waals surface area contributed by atoms with E-state index in [4.69, 9.17) is 0 Å². The Hall–Kier alpha value is -1.99. The van der Waals surface area contributed by atoms with Crippen LogP contribution in [-0.2, 0) is 26.2 Å². The number of aryl methyl sites for hydroxylation is 1. The molecule has 0 aromatic heterocycles. The van der Waals surface area contributed by atoms with E-state index in [-0.39, 0.29) is 37.7 Å². The standard InChI is InChI=1S/C16H13.2C3H6O.Zr/c1-12-10-14-8-5-9-15(16(14)11-12)13-6-3-2-4-7-13;2*1-3(2)4;/h2-11H,1H3;2*4H,1H2,2H3;/q-1;;;+3/p-2. The van der Waals surface area contributed by atoms with Crippen molar-refractivity contribution in [3.8, 4) is 11.1 Å². The van der Waals surface area contributed by atoms with Crippen molar-refractivity contribution in [3.05, 3.63) is 90.9 Å². The van der Waals surface area contributed by atoms with E-state index < -0.39 is 0 Å². The van der Waals surface area contributed by atoms with Crippen molar-refractivity contribution in [2.45, 2.75) is 20.8 Å². The van der Waals surface area contributed by atoms with Gasteiger partial charge in [-0.15, -0.1) is 59.2 Å². The molecule has 0 spiro atoms. The Morgan fingerprint density at radius 1 is 0.880 bits per heavy atom. The fourth-order valence-corrected chi connectivity index (χ4v) is 2.25. The van der Waals surface area contributed by atoms with Crippen LogP contribution in [0.5, 0.6) is 0 Å². The van der Waals surface area contributed by atoms with Crippen molar-refractivity contribution in [1.29, 1.82) is 0 Å². The van der Waals surface area contributed by atoms with Gasteiger partial charge < -0.3 is 10.2 Å². The number of hydrogen-bond acceptors (Lipinski definition) is 2. The van der Waals surface area contributed by atoms with Crippen molar-refractivity contribution < 1.29 is 36.4 Å². The zero-order chi connectivity index (χ0) is 18.1. The van der Waals surface area contributed by atoms with E-state index >= 15 is 0 Å². The van der Waals surface area contributed by atoms with Gasteiger partial charge in [-0.05, 0) is 5.56 Å². The third-order valence-corrected chi connectivity index (χ3v) is 2.98. The summed E-state index contributed by atoms with van der Waals surface area (Å²) in [7, 11) is 0. The van der Waals surface area contributed by atoms with Gasteiger partial charge in [0.05, 0.1) is 0 Å². The molecule has 0 N–H and O–H groups in total. The Balaban J connectivity index is 0.000000549. The van der Waals surface area contributed by atoms with Crippen molar-refractivity contribution in [2.24, 2.45) is 0 Å². The SMILES string of the molecule is C=C(C)[O-].C=C(C)[O-].Cc1cc2c(-c3ccccc3)cccc2[cH-]1.[Zr+3]. The maximum atomic E-state index is 9.33. The zero-order valence-electron chi connectivity index (χ0n) is 15.0. The molecule has 3 rings (SSSR count). The van der Waals surface area contributed by atoms with Crippen LogP contribution in [0.2, 0.25) is 0 Å². The number of benzene rings is 2. The van der Waals surface area contributed by atoms with Gasteiger partial charge in [0.25, 0.3) is 0 Å². The number of hydrogen-bond donors (Lipinski definition) is 0. The van der Waals surface area contributed by atoms with Gasteiger partial charge in [0.15, 0.2) is 0 Å². The first-order chi connectivity index (χ1) is 11.3. The van der Waals surface area contributed by atoms with Crippen LogP contribution >= 0.6 is 0 Å². The first-order valence-electron chi connectivity index (χ1n) is 7.67. The summed E-state index contributed by atoms with van der Waals surface area (Å²) in [5.74, 6) is -0.167. The summed E-state index contributed by atoms with van der Waals surface area (Å²) in [6.45, 7) is 11.0. The van der Waals surface area contributed by atoms with Crippen LogP contribution in [0.1, 0.15) is 19.4 Å². The van der Waals surface area contributed by atoms with Gasteiger partial charge >= 0.3 is 26.2 Å². The van der Waals surface area contributed by atoms with E-state index in [1.165, 1.54) is 41.3 Å². The largest absolute Gasteiger partial charge is 3.00 e. The number of rotatable bonds is 1. The molecule has 0 aliphatic heterocycles. The Bertz CT molecular complexity index is 781. The van der Waals surface area contributed by atoms with E-state index in [1.807, 2.05) is 0 Å². The van der Waals surface area contributed by atoms with Gasteiger partial charge in [-0.3, -0.25) is 0 Å². The molecule has 0 atom stereocenters. The molecule has 0 aliphatic rings. The van der Waals surface area contributed by atoms with Crippen LogP contribution < -0.4 is 10.2 Å². The average molecular weight is 411 g/mol. The van der Waals surface area contributed by atoms with Gasteiger partial charge in [0.1, 0.15) is 0 Å². The molecule has 1 radical (unpaired) electrons. The molecule has 0 saturated heterocycles. The van der Waals surface area contributed by atoms with Gasteiger partial charge in [-0.1, -0.05) is 62.7 Å². The Morgan fingerprint density at radius 2 is 1.40 bits per heavy atom. The molecule has 0 aliphatic carbocycles. The molecular formula is C22H23O2Zr. The second kappa shape index (κ2) is 11.5. The van der Waals surface area contributed by atoms with Crippen molar-refractivity contribution in [2.75, 3.05) is 0 Å². The Kier molecular flexibility index (Phi) is 10.6. The first kappa shape index (κ1) is 23.0. The Labute approximate surface area is 169 Å². The molecule has 25 heavy (non-hydrogen) atoms. The fraction of sp³-hybridized carbons (Fsp3) is 0.136. The molecule has 0 bridgehead atoms. The van der Waals surface area contributed by atoms with Crippen molar-refractivity contribution >= 4 is 10.8 Å². The smallest absolute Gasteiger partial charge is 0.876 e. The van der Waals surface area contributed by atoms with Crippen molar-refractivity contribution in [3.63, 3.8) is 0 Å². The molecule has 127 valence electrons. The van der Waals surface area contributed by atoms with E-state index in [0.717, 1.165) is 0 Å². The topological polar surface area (TPSA) is 46.1 Å². The van der Waals surface area contributed by atoms with Crippen molar-refractivity contribution in [1.82, 2.24) is 0 Å². The van der Waals surface area contributed by atoms with Crippen LogP contribution in [0.15, 0.2) is 85.3 Å². The summed E-state index contributed by atoms with van der Waals surface area (Å²) in [5.41, 5.74) is 3.95. The molecule has 3 aromatic rings. The summed E-state index contributed by atoms with van der Waals surface area (Å²) in [5, 5.41) is 21.4. The van der Waals surface area contributed by atoms with Gasteiger partial charge in [0.2, 0.25) is 0 Å². The van der Waals surface area contributed by atoms with Crippen LogP contribution in [0.25, 0.3) is 21.9 Å². The molecule has 0 heterocycles. The first-order valence-corrected chi connectivity index (χ1v) is 7.67. The molecular weight excluding hydrogens is 387 g/mol. The normalized spacial score (nSPS) is 8.92. The quantitative estimate of drug-likeness (QED) is 0.444. The van der Waals surface area contributed by atoms with Gasteiger partial charge in [0, 0.05) is 0 Å². The average Bonchev–Trinajstić information content (AvgIpc) is 2.87.